The Bertz CT molecular complexity index is 251. The van der Waals surface area contributed by atoms with Gasteiger partial charge in [0.1, 0.15) is 5.82 Å². The minimum Gasteiger partial charge on any atom is -0.394 e. The maximum atomic E-state index is 8.89. The predicted octanol–water partition coefficient (Wildman–Crippen LogP) is 0.664. The van der Waals surface area contributed by atoms with Gasteiger partial charge in [-0.15, -0.1) is 0 Å². The summed E-state index contributed by atoms with van der Waals surface area (Å²) in [6.07, 6.45) is 0. The van der Waals surface area contributed by atoms with Crippen molar-refractivity contribution in [2.45, 2.75) is 19.9 Å². The molecule has 1 atom stereocenters. The molecule has 4 nitrogen and oxygen atoms in total. The Morgan fingerprint density at radius 1 is 1.67 bits per heavy atom. The van der Waals surface area contributed by atoms with Gasteiger partial charge in [-0.2, -0.15) is 4.37 Å². The number of aliphatic hydroxyl groups excluding tert-OH is 1. The van der Waals surface area contributed by atoms with Crippen LogP contribution in [0.15, 0.2) is 0 Å². The molecule has 0 fully saturated rings. The predicted molar refractivity (Wildman–Crippen MR) is 49.6 cm³/mol. The quantitative estimate of drug-likeness (QED) is 0.755. The van der Waals surface area contributed by atoms with E-state index in [1.54, 1.807) is 0 Å². The van der Waals surface area contributed by atoms with Crippen molar-refractivity contribution in [3.05, 3.63) is 5.82 Å². The van der Waals surface area contributed by atoms with E-state index in [1.165, 1.54) is 11.5 Å². The Hall–Kier alpha value is -0.680. The second kappa shape index (κ2) is 3.82. The Morgan fingerprint density at radius 2 is 2.33 bits per heavy atom. The summed E-state index contributed by atoms with van der Waals surface area (Å²) in [6, 6.07) is 0.0948. The number of aromatic nitrogens is 2. The van der Waals surface area contributed by atoms with Gasteiger partial charge < -0.3 is 10.0 Å². The van der Waals surface area contributed by atoms with Crippen molar-refractivity contribution in [3.63, 3.8) is 0 Å². The van der Waals surface area contributed by atoms with Crippen LogP contribution >= 0.6 is 11.5 Å². The average molecular weight is 187 g/mol. The molecular weight excluding hydrogens is 174 g/mol. The van der Waals surface area contributed by atoms with Crippen molar-refractivity contribution >= 4 is 16.7 Å². The molecule has 0 saturated carbocycles. The molecule has 1 rings (SSSR count). The van der Waals surface area contributed by atoms with Crippen LogP contribution in [0.1, 0.15) is 12.7 Å². The fourth-order valence-corrected chi connectivity index (χ4v) is 1.48. The zero-order valence-corrected chi connectivity index (χ0v) is 8.30. The fourth-order valence-electron chi connectivity index (χ4n) is 0.740. The van der Waals surface area contributed by atoms with Gasteiger partial charge in [0.05, 0.1) is 12.6 Å². The third-order valence-electron chi connectivity index (χ3n) is 1.74. The first-order valence-corrected chi connectivity index (χ1v) is 4.56. The van der Waals surface area contributed by atoms with Crippen LogP contribution < -0.4 is 4.90 Å². The van der Waals surface area contributed by atoms with Crippen LogP contribution in [0.4, 0.5) is 5.13 Å². The molecule has 0 amide bonds. The van der Waals surface area contributed by atoms with Gasteiger partial charge in [-0.05, 0) is 13.8 Å². The van der Waals surface area contributed by atoms with Crippen molar-refractivity contribution in [3.8, 4) is 0 Å². The molecule has 0 spiro atoms. The minimum atomic E-state index is 0.0948. The molecule has 0 radical (unpaired) electrons. The van der Waals surface area contributed by atoms with E-state index in [9.17, 15) is 0 Å². The van der Waals surface area contributed by atoms with Gasteiger partial charge in [0.25, 0.3) is 0 Å². The molecule has 68 valence electrons. The molecule has 12 heavy (non-hydrogen) atoms. The van der Waals surface area contributed by atoms with Crippen LogP contribution in [0, 0.1) is 6.92 Å². The molecule has 0 saturated heterocycles. The molecule has 0 aliphatic carbocycles. The Morgan fingerprint density at radius 3 is 2.75 bits per heavy atom. The summed E-state index contributed by atoms with van der Waals surface area (Å²) in [7, 11) is 1.90. The summed E-state index contributed by atoms with van der Waals surface area (Å²) >= 11 is 1.36. The minimum absolute atomic E-state index is 0.0948. The summed E-state index contributed by atoms with van der Waals surface area (Å²) in [5.41, 5.74) is 0. The van der Waals surface area contributed by atoms with Crippen molar-refractivity contribution in [1.82, 2.24) is 9.36 Å². The lowest BCUT2D eigenvalue weighted by Crippen LogP contribution is -2.31. The highest BCUT2D eigenvalue weighted by atomic mass is 32.1. The van der Waals surface area contributed by atoms with E-state index in [0.717, 1.165) is 11.0 Å². The lowest BCUT2D eigenvalue weighted by atomic mass is 10.3. The number of aryl methyl sites for hydroxylation is 1. The Labute approximate surface area is 76.0 Å². The number of aliphatic hydroxyl groups is 1. The second-order valence-corrected chi connectivity index (χ2v) is 3.50. The summed E-state index contributed by atoms with van der Waals surface area (Å²) in [6.45, 7) is 3.93. The molecule has 0 aliphatic rings. The Kier molecular flexibility index (Phi) is 2.99. The number of rotatable bonds is 3. The molecule has 0 unspecified atom stereocenters. The molecule has 0 aliphatic heterocycles. The number of likely N-dealkylation sites (N-methyl/N-ethyl adjacent to an activating group) is 1. The van der Waals surface area contributed by atoms with Crippen molar-refractivity contribution < 1.29 is 5.11 Å². The van der Waals surface area contributed by atoms with E-state index in [1.807, 2.05) is 25.8 Å². The third kappa shape index (κ3) is 1.92. The molecule has 1 aromatic heterocycles. The SMILES string of the molecule is Cc1nsc(N(C)[C@H](C)CO)n1. The largest absolute Gasteiger partial charge is 0.394 e. The molecule has 0 bridgehead atoms. The van der Waals surface area contributed by atoms with E-state index >= 15 is 0 Å². The van der Waals surface area contributed by atoms with E-state index in [2.05, 4.69) is 9.36 Å². The number of anilines is 1. The molecule has 1 aromatic rings. The van der Waals surface area contributed by atoms with Crippen molar-refractivity contribution in [1.29, 1.82) is 0 Å². The van der Waals surface area contributed by atoms with E-state index < -0.39 is 0 Å². The molecule has 0 aromatic carbocycles. The first kappa shape index (κ1) is 9.41. The van der Waals surface area contributed by atoms with Gasteiger partial charge in [-0.1, -0.05) is 0 Å². The van der Waals surface area contributed by atoms with E-state index in [4.69, 9.17) is 5.11 Å². The average Bonchev–Trinajstić information content (AvgIpc) is 2.49. The maximum absolute atomic E-state index is 8.89. The third-order valence-corrected chi connectivity index (χ3v) is 2.64. The standard InChI is InChI=1S/C7H13N3OS/c1-5(4-11)10(3)7-8-6(2)9-12-7/h5,11H,4H2,1-3H3/t5-/m1/s1. The topological polar surface area (TPSA) is 49.2 Å². The van der Waals surface area contributed by atoms with Crippen LogP contribution in [0.5, 0.6) is 0 Å². The summed E-state index contributed by atoms with van der Waals surface area (Å²) in [5.74, 6) is 0.784. The molecule has 1 N–H and O–H groups in total. The van der Waals surface area contributed by atoms with Gasteiger partial charge in [0.2, 0.25) is 5.13 Å². The molecule has 5 heteroatoms. The summed E-state index contributed by atoms with van der Waals surface area (Å²) < 4.78 is 4.06. The van der Waals surface area contributed by atoms with Crippen LogP contribution in [0.2, 0.25) is 0 Å². The maximum Gasteiger partial charge on any atom is 0.205 e. The van der Waals surface area contributed by atoms with Gasteiger partial charge >= 0.3 is 0 Å². The highest BCUT2D eigenvalue weighted by Crippen LogP contribution is 2.16. The lowest BCUT2D eigenvalue weighted by molar-refractivity contribution is 0.270. The first-order chi connectivity index (χ1) is 5.65. The van der Waals surface area contributed by atoms with Gasteiger partial charge in [-0.3, -0.25) is 0 Å². The number of hydrogen-bond acceptors (Lipinski definition) is 5. The number of nitrogens with zero attached hydrogens (tertiary/aromatic N) is 3. The van der Waals surface area contributed by atoms with Gasteiger partial charge in [0, 0.05) is 18.6 Å². The Balaban J connectivity index is 2.70. The summed E-state index contributed by atoms with van der Waals surface area (Å²) in [4.78, 5) is 6.12. The van der Waals surface area contributed by atoms with Crippen LogP contribution in [-0.4, -0.2) is 34.2 Å². The molecular formula is C7H13N3OS. The lowest BCUT2D eigenvalue weighted by Gasteiger charge is -2.21. The van der Waals surface area contributed by atoms with Crippen molar-refractivity contribution in [2.24, 2.45) is 0 Å². The van der Waals surface area contributed by atoms with E-state index in [-0.39, 0.29) is 12.6 Å². The highest BCUT2D eigenvalue weighted by Gasteiger charge is 2.11. The first-order valence-electron chi connectivity index (χ1n) is 3.79. The number of hydrogen-bond donors (Lipinski definition) is 1. The normalized spacial score (nSPS) is 13.0. The van der Waals surface area contributed by atoms with Crippen LogP contribution in [-0.2, 0) is 0 Å². The monoisotopic (exact) mass is 187 g/mol. The smallest absolute Gasteiger partial charge is 0.205 e. The molecule has 1 heterocycles. The van der Waals surface area contributed by atoms with Crippen LogP contribution in [0.25, 0.3) is 0 Å². The fraction of sp³-hybridized carbons (Fsp3) is 0.714. The summed E-state index contributed by atoms with van der Waals surface area (Å²) in [5, 5.41) is 9.74. The van der Waals surface area contributed by atoms with Gasteiger partial charge in [-0.25, -0.2) is 4.98 Å². The van der Waals surface area contributed by atoms with Gasteiger partial charge in [0.15, 0.2) is 0 Å². The highest BCUT2D eigenvalue weighted by molar-refractivity contribution is 7.09. The zero-order chi connectivity index (χ0) is 9.14. The second-order valence-electron chi connectivity index (χ2n) is 2.77. The van der Waals surface area contributed by atoms with E-state index in [0.29, 0.717) is 0 Å². The zero-order valence-electron chi connectivity index (χ0n) is 7.48. The van der Waals surface area contributed by atoms with Crippen molar-refractivity contribution in [2.75, 3.05) is 18.6 Å². The van der Waals surface area contributed by atoms with Crippen LogP contribution in [0.3, 0.4) is 0 Å².